The Morgan fingerprint density at radius 2 is 1.60 bits per heavy atom. The van der Waals surface area contributed by atoms with E-state index in [1.54, 1.807) is 11.8 Å². The van der Waals surface area contributed by atoms with E-state index < -0.39 is 0 Å². The molecular formula is C29H23N3OS2. The zero-order valence-electron chi connectivity index (χ0n) is 19.4. The van der Waals surface area contributed by atoms with E-state index in [2.05, 4.69) is 54.7 Å². The number of nitrogens with one attached hydrogen (secondary N) is 1. The van der Waals surface area contributed by atoms with Crippen LogP contribution >= 0.6 is 23.1 Å². The van der Waals surface area contributed by atoms with Gasteiger partial charge in [-0.25, -0.2) is 4.98 Å². The molecule has 1 amide bonds. The number of fused-ring (bicyclic) bond motifs is 3. The predicted octanol–water partition coefficient (Wildman–Crippen LogP) is 7.66. The maximum absolute atomic E-state index is 13.9. The molecule has 1 aliphatic rings. The molecule has 0 bridgehead atoms. The molecule has 2 aromatic heterocycles. The maximum Gasteiger partial charge on any atom is 0.272 e. The van der Waals surface area contributed by atoms with Crippen molar-refractivity contribution in [2.45, 2.75) is 12.4 Å². The molecule has 0 radical (unpaired) electrons. The number of nitrogens with zero attached hydrogens (tertiary/aromatic N) is 2. The highest BCUT2D eigenvalue weighted by Gasteiger charge is 2.36. The summed E-state index contributed by atoms with van der Waals surface area (Å²) >= 11 is 3.07. The van der Waals surface area contributed by atoms with Gasteiger partial charge in [-0.05, 0) is 42.5 Å². The van der Waals surface area contributed by atoms with Gasteiger partial charge >= 0.3 is 0 Å². The van der Waals surface area contributed by atoms with Crippen molar-refractivity contribution in [3.05, 3.63) is 101 Å². The molecule has 0 fully saturated rings. The van der Waals surface area contributed by atoms with Gasteiger partial charge in [0.1, 0.15) is 9.71 Å². The topological polar surface area (TPSA) is 45.2 Å². The summed E-state index contributed by atoms with van der Waals surface area (Å²) in [5.74, 6) is 0.00296. The number of hydrogen-bond donors (Lipinski definition) is 1. The number of anilines is 2. The van der Waals surface area contributed by atoms with Crippen molar-refractivity contribution >= 4 is 50.6 Å². The van der Waals surface area contributed by atoms with E-state index in [0.717, 1.165) is 44.0 Å². The van der Waals surface area contributed by atoms with E-state index in [1.165, 1.54) is 16.9 Å². The van der Waals surface area contributed by atoms with Crippen LogP contribution in [-0.4, -0.2) is 22.6 Å². The van der Waals surface area contributed by atoms with Crippen LogP contribution in [0.2, 0.25) is 0 Å². The second kappa shape index (κ2) is 8.87. The average Bonchev–Trinajstić information content (AvgIpc) is 3.28. The van der Waals surface area contributed by atoms with Gasteiger partial charge in [0.25, 0.3) is 5.91 Å². The Hall–Kier alpha value is -3.61. The number of amides is 1. The fraction of sp³-hybridized carbons (Fsp3) is 0.103. The van der Waals surface area contributed by atoms with Crippen LogP contribution in [0.15, 0.2) is 91.0 Å². The van der Waals surface area contributed by atoms with Crippen molar-refractivity contribution in [1.82, 2.24) is 4.98 Å². The number of pyridine rings is 1. The number of carbonyl (C=O) groups excluding carboxylic acids is 1. The summed E-state index contributed by atoms with van der Waals surface area (Å²) in [5, 5.41) is 4.67. The number of thiophene rings is 1. The molecule has 3 heterocycles. The normalized spacial score (nSPS) is 15.2. The number of carbonyl (C=O) groups is 1. The summed E-state index contributed by atoms with van der Waals surface area (Å²) in [6.07, 6.45) is 2.02. The fourth-order valence-corrected chi connectivity index (χ4v) is 6.28. The lowest BCUT2D eigenvalue weighted by atomic mass is 9.99. The van der Waals surface area contributed by atoms with Gasteiger partial charge in [0.05, 0.1) is 11.4 Å². The number of para-hydroxylation sites is 1. The molecule has 0 saturated carbocycles. The highest BCUT2D eigenvalue weighted by atomic mass is 32.2. The van der Waals surface area contributed by atoms with Crippen LogP contribution in [-0.2, 0) is 0 Å². The number of rotatable bonds is 4. The number of hydrogen-bond acceptors (Lipinski definition) is 5. The fourth-order valence-electron chi connectivity index (χ4n) is 4.51. The zero-order chi connectivity index (χ0) is 23.9. The van der Waals surface area contributed by atoms with Crippen LogP contribution in [0.4, 0.5) is 11.4 Å². The quantitative estimate of drug-likeness (QED) is 0.279. The van der Waals surface area contributed by atoms with Crippen molar-refractivity contribution in [2.24, 2.45) is 0 Å². The minimum atomic E-state index is -0.212. The van der Waals surface area contributed by atoms with E-state index in [0.29, 0.717) is 4.88 Å². The summed E-state index contributed by atoms with van der Waals surface area (Å²) in [6, 6.07) is 30.8. The summed E-state index contributed by atoms with van der Waals surface area (Å²) in [6.45, 7) is 2.08. The lowest BCUT2D eigenvalue weighted by Gasteiger charge is -2.35. The van der Waals surface area contributed by atoms with Crippen molar-refractivity contribution in [3.8, 4) is 22.4 Å². The second-order valence-corrected chi connectivity index (χ2v) is 10.4. The van der Waals surface area contributed by atoms with E-state index in [1.807, 2.05) is 59.7 Å². The second-order valence-electron chi connectivity index (χ2n) is 8.52. The first-order chi connectivity index (χ1) is 17.1. The van der Waals surface area contributed by atoms with Crippen LogP contribution < -0.4 is 10.2 Å². The van der Waals surface area contributed by atoms with E-state index in [-0.39, 0.29) is 11.4 Å². The minimum absolute atomic E-state index is 0.00296. The smallest absolute Gasteiger partial charge is 0.272 e. The Kier molecular flexibility index (Phi) is 5.55. The molecule has 1 unspecified atom stereocenters. The Labute approximate surface area is 212 Å². The third-order valence-corrected chi connectivity index (χ3v) is 8.11. The van der Waals surface area contributed by atoms with Crippen molar-refractivity contribution in [3.63, 3.8) is 0 Å². The van der Waals surface area contributed by atoms with E-state index in [9.17, 15) is 4.79 Å². The minimum Gasteiger partial charge on any atom is -0.354 e. The zero-order valence-corrected chi connectivity index (χ0v) is 21.0. The molecule has 0 spiro atoms. The van der Waals surface area contributed by atoms with Gasteiger partial charge in [-0.3, -0.25) is 9.69 Å². The van der Waals surface area contributed by atoms with Crippen LogP contribution in [0.25, 0.3) is 32.6 Å². The molecule has 172 valence electrons. The predicted molar refractivity (Wildman–Crippen MR) is 149 cm³/mol. The van der Waals surface area contributed by atoms with Crippen molar-refractivity contribution in [1.29, 1.82) is 0 Å². The highest BCUT2D eigenvalue weighted by Crippen LogP contribution is 2.46. The Morgan fingerprint density at radius 3 is 2.29 bits per heavy atom. The largest absolute Gasteiger partial charge is 0.354 e. The molecule has 0 saturated heterocycles. The van der Waals surface area contributed by atoms with Crippen LogP contribution in [0.5, 0.6) is 0 Å². The first-order valence-electron chi connectivity index (χ1n) is 11.4. The van der Waals surface area contributed by atoms with Gasteiger partial charge in [-0.15, -0.1) is 23.1 Å². The molecule has 1 N–H and O–H groups in total. The standard InChI is InChI=1S/C29H23N3OS2/c1-18-13-15-20(16-14-18)23-17-22(19-9-5-3-6-10-19)24-25-26(35-27(24)30-23)28(33)32(29(31-25)34-2)21-11-7-4-8-12-21/h3-17,29,31H,1-2H3. The molecule has 1 atom stereocenters. The van der Waals surface area contributed by atoms with Gasteiger partial charge in [-0.2, -0.15) is 0 Å². The molecule has 1 aliphatic heterocycles. The van der Waals surface area contributed by atoms with Gasteiger partial charge in [0.2, 0.25) is 0 Å². The van der Waals surface area contributed by atoms with Crippen LogP contribution in [0, 0.1) is 6.92 Å². The van der Waals surface area contributed by atoms with Crippen LogP contribution in [0.3, 0.4) is 0 Å². The number of aryl methyl sites for hydroxylation is 1. The van der Waals surface area contributed by atoms with Crippen molar-refractivity contribution < 1.29 is 4.79 Å². The first kappa shape index (κ1) is 21.9. The van der Waals surface area contributed by atoms with Gasteiger partial charge < -0.3 is 5.32 Å². The van der Waals surface area contributed by atoms with Gasteiger partial charge in [0, 0.05) is 16.6 Å². The number of aromatic nitrogens is 1. The highest BCUT2D eigenvalue weighted by molar-refractivity contribution is 7.99. The monoisotopic (exact) mass is 493 g/mol. The lowest BCUT2D eigenvalue weighted by Crippen LogP contribution is -2.46. The summed E-state index contributed by atoms with van der Waals surface area (Å²) in [7, 11) is 0. The summed E-state index contributed by atoms with van der Waals surface area (Å²) < 4.78 is 0. The van der Waals surface area contributed by atoms with Gasteiger partial charge in [-0.1, -0.05) is 78.4 Å². The Bertz CT molecular complexity index is 1530. The molecule has 35 heavy (non-hydrogen) atoms. The molecule has 6 rings (SSSR count). The van der Waals surface area contributed by atoms with Crippen LogP contribution in [0.1, 0.15) is 15.2 Å². The Balaban J connectivity index is 1.59. The third-order valence-electron chi connectivity index (χ3n) is 6.27. The van der Waals surface area contributed by atoms with Gasteiger partial charge in [0.15, 0.2) is 5.50 Å². The Morgan fingerprint density at radius 1 is 0.914 bits per heavy atom. The SMILES string of the molecule is CSC1Nc2c(sc3nc(-c4ccc(C)cc4)cc(-c4ccccc4)c23)C(=O)N1c1ccccc1. The average molecular weight is 494 g/mol. The van der Waals surface area contributed by atoms with Crippen molar-refractivity contribution in [2.75, 3.05) is 16.5 Å². The lowest BCUT2D eigenvalue weighted by molar-refractivity contribution is 0.0987. The number of thioether (sulfide) groups is 1. The number of benzene rings is 3. The molecule has 0 aliphatic carbocycles. The van der Waals surface area contributed by atoms with E-state index in [4.69, 9.17) is 4.98 Å². The molecule has 4 nitrogen and oxygen atoms in total. The maximum atomic E-state index is 13.9. The third kappa shape index (κ3) is 3.79. The molecule has 3 aromatic carbocycles. The molecule has 5 aromatic rings. The van der Waals surface area contributed by atoms with E-state index >= 15 is 0 Å². The molecular weight excluding hydrogens is 470 g/mol. The summed E-state index contributed by atoms with van der Waals surface area (Å²) in [4.78, 5) is 22.3. The molecule has 6 heteroatoms. The first-order valence-corrected chi connectivity index (χ1v) is 13.5. The summed E-state index contributed by atoms with van der Waals surface area (Å²) in [5.41, 5.74) is 6.91.